The maximum Gasteiger partial charge on any atom is 0.255 e. The van der Waals surface area contributed by atoms with Crippen molar-refractivity contribution in [2.75, 3.05) is 0 Å². The number of amides is 3. The number of nitrogens with zero attached hydrogens (tertiary/aromatic N) is 1. The van der Waals surface area contributed by atoms with Crippen LogP contribution in [0.25, 0.3) is 0 Å². The number of benzene rings is 2. The number of imide groups is 1. The van der Waals surface area contributed by atoms with Gasteiger partial charge in [-0.1, -0.05) is 46.0 Å². The summed E-state index contributed by atoms with van der Waals surface area (Å²) in [5, 5.41) is 12.6. The van der Waals surface area contributed by atoms with Crippen molar-refractivity contribution >= 4 is 33.7 Å². The van der Waals surface area contributed by atoms with Gasteiger partial charge in [0.15, 0.2) is 0 Å². The molecule has 0 radical (unpaired) electrons. The largest absolute Gasteiger partial charge is 0.388 e. The monoisotopic (exact) mass is 494 g/mol. The Kier molecular flexibility index (Phi) is 6.73. The lowest BCUT2D eigenvalue weighted by molar-refractivity contribution is -0.136. The molecule has 164 valence electrons. The molecule has 2 unspecified atom stereocenters. The van der Waals surface area contributed by atoms with Gasteiger partial charge in [-0.2, -0.15) is 0 Å². The maximum absolute atomic E-state index is 12.9. The number of halogens is 1. The summed E-state index contributed by atoms with van der Waals surface area (Å²) < 4.78 is 0.976. The number of carbonyl (C=O) groups excluding carboxylic acids is 3. The average Bonchev–Trinajstić information content (AvgIpc) is 3.11. The topological polar surface area (TPSA) is 86.7 Å². The molecule has 2 N–H and O–H groups in total. The summed E-state index contributed by atoms with van der Waals surface area (Å²) in [6, 6.07) is 12.4. The maximum atomic E-state index is 12.9. The Morgan fingerprint density at radius 1 is 1.16 bits per heavy atom. The number of fused-ring (bicyclic) bond motifs is 1. The normalized spacial score (nSPS) is 18.6. The molecule has 4 rings (SSSR count). The number of nitrogens with one attached hydrogen (secondary N) is 1. The minimum atomic E-state index is -0.631. The van der Waals surface area contributed by atoms with Gasteiger partial charge in [-0.05, 0) is 54.7 Å². The number of piperidine rings is 1. The van der Waals surface area contributed by atoms with Gasteiger partial charge in [-0.15, -0.1) is 0 Å². The molecule has 32 heavy (non-hydrogen) atoms. The first-order valence-electron chi connectivity index (χ1n) is 10.6. The molecule has 2 aromatic carbocycles. The van der Waals surface area contributed by atoms with Gasteiger partial charge in [0, 0.05) is 35.0 Å². The van der Waals surface area contributed by atoms with Crippen molar-refractivity contribution < 1.29 is 19.5 Å². The molecule has 0 aromatic heterocycles. The number of hydrogen-bond acceptors (Lipinski definition) is 4. The third-order valence-corrected chi connectivity index (χ3v) is 6.37. The number of aliphatic hydroxyl groups is 1. The van der Waals surface area contributed by atoms with Crippen molar-refractivity contribution in [3.63, 3.8) is 0 Å². The van der Waals surface area contributed by atoms with E-state index in [0.29, 0.717) is 31.4 Å². The van der Waals surface area contributed by atoms with Crippen molar-refractivity contribution in [1.82, 2.24) is 10.2 Å². The minimum absolute atomic E-state index is 0.198. The summed E-state index contributed by atoms with van der Waals surface area (Å²) in [6.45, 7) is 0.313. The standard InChI is InChI=1S/C25H23BrN2O4/c26-18-11-9-17(10-12-18)22(29)8-3-1-2-5-16-6-4-7-19-20(16)15-28(25(19)32)21-13-14-23(30)27-24(21)31/h4,6-7,9-12,21-22,29H,1,3,8,13-15H2,(H,27,30,31). The summed E-state index contributed by atoms with van der Waals surface area (Å²) in [4.78, 5) is 38.0. The molecule has 1 fully saturated rings. The van der Waals surface area contributed by atoms with Crippen molar-refractivity contribution in [3.05, 3.63) is 69.2 Å². The quantitative estimate of drug-likeness (QED) is 0.378. The van der Waals surface area contributed by atoms with E-state index in [1.807, 2.05) is 30.3 Å². The fourth-order valence-electron chi connectivity index (χ4n) is 4.10. The van der Waals surface area contributed by atoms with Crippen LogP contribution < -0.4 is 5.32 Å². The first-order valence-corrected chi connectivity index (χ1v) is 11.4. The average molecular weight is 495 g/mol. The first kappa shape index (κ1) is 22.3. The third-order valence-electron chi connectivity index (χ3n) is 5.84. The smallest absolute Gasteiger partial charge is 0.255 e. The Balaban J connectivity index is 1.38. The fourth-order valence-corrected chi connectivity index (χ4v) is 4.36. The lowest BCUT2D eigenvalue weighted by atomic mass is 10.0. The van der Waals surface area contributed by atoms with Gasteiger partial charge in [0.2, 0.25) is 11.8 Å². The third kappa shape index (κ3) is 4.77. The highest BCUT2D eigenvalue weighted by Gasteiger charge is 2.39. The summed E-state index contributed by atoms with van der Waals surface area (Å²) in [5.41, 5.74) is 3.05. The summed E-state index contributed by atoms with van der Waals surface area (Å²) >= 11 is 3.39. The van der Waals surface area contributed by atoms with Crippen LogP contribution in [0.2, 0.25) is 0 Å². The molecule has 6 nitrogen and oxygen atoms in total. The highest BCUT2D eigenvalue weighted by Crippen LogP contribution is 2.29. The predicted octanol–water partition coefficient (Wildman–Crippen LogP) is 3.47. The van der Waals surface area contributed by atoms with Crippen LogP contribution in [-0.2, 0) is 16.1 Å². The Bertz CT molecular complexity index is 1120. The van der Waals surface area contributed by atoms with Gasteiger partial charge in [0.1, 0.15) is 6.04 Å². The number of rotatable bonds is 5. The van der Waals surface area contributed by atoms with Crippen LogP contribution in [0, 0.1) is 11.8 Å². The van der Waals surface area contributed by atoms with Crippen LogP contribution in [-0.4, -0.2) is 33.8 Å². The van der Waals surface area contributed by atoms with Crippen LogP contribution in [0.5, 0.6) is 0 Å². The molecular weight excluding hydrogens is 472 g/mol. The molecule has 2 aliphatic heterocycles. The van der Waals surface area contributed by atoms with E-state index in [-0.39, 0.29) is 18.2 Å². The van der Waals surface area contributed by atoms with E-state index in [2.05, 4.69) is 33.1 Å². The van der Waals surface area contributed by atoms with Crippen molar-refractivity contribution in [1.29, 1.82) is 0 Å². The zero-order chi connectivity index (χ0) is 22.7. The molecule has 3 amide bonds. The highest BCUT2D eigenvalue weighted by atomic mass is 79.9. The minimum Gasteiger partial charge on any atom is -0.388 e. The van der Waals surface area contributed by atoms with Gasteiger partial charge in [-0.25, -0.2) is 0 Å². The fraction of sp³-hybridized carbons (Fsp3) is 0.320. The molecule has 2 atom stereocenters. The number of carbonyl (C=O) groups is 3. The number of unbranched alkanes of at least 4 members (excludes halogenated alkanes) is 1. The van der Waals surface area contributed by atoms with Crippen LogP contribution in [0.15, 0.2) is 46.9 Å². The van der Waals surface area contributed by atoms with Gasteiger partial charge < -0.3 is 10.0 Å². The Labute approximate surface area is 195 Å². The Hall–Kier alpha value is -2.95. The van der Waals surface area contributed by atoms with E-state index in [1.165, 1.54) is 4.90 Å². The van der Waals surface area contributed by atoms with Crippen LogP contribution in [0.4, 0.5) is 0 Å². The molecule has 0 bridgehead atoms. The number of hydrogen-bond donors (Lipinski definition) is 2. The molecule has 2 aromatic rings. The molecule has 0 aliphatic carbocycles. The van der Waals surface area contributed by atoms with E-state index < -0.39 is 18.1 Å². The zero-order valence-corrected chi connectivity index (χ0v) is 19.0. The molecule has 7 heteroatoms. The Morgan fingerprint density at radius 2 is 1.94 bits per heavy atom. The molecule has 1 saturated heterocycles. The van der Waals surface area contributed by atoms with Crippen molar-refractivity contribution in [2.45, 2.75) is 50.8 Å². The highest BCUT2D eigenvalue weighted by molar-refractivity contribution is 9.10. The van der Waals surface area contributed by atoms with E-state index in [1.54, 1.807) is 12.1 Å². The SMILES string of the molecule is O=C1CCC(N2Cc3c(C#CCCCC(O)c4ccc(Br)cc4)cccc3C2=O)C(=O)N1. The van der Waals surface area contributed by atoms with Crippen LogP contribution in [0.1, 0.15) is 65.3 Å². The molecule has 2 aliphatic rings. The zero-order valence-electron chi connectivity index (χ0n) is 17.4. The Morgan fingerprint density at radius 3 is 2.69 bits per heavy atom. The van der Waals surface area contributed by atoms with E-state index in [0.717, 1.165) is 27.6 Å². The summed E-state index contributed by atoms with van der Waals surface area (Å²) in [5.74, 6) is 5.39. The molecule has 0 saturated carbocycles. The van der Waals surface area contributed by atoms with Crippen molar-refractivity contribution in [3.8, 4) is 11.8 Å². The second-order valence-corrected chi connectivity index (χ2v) is 8.91. The van der Waals surface area contributed by atoms with Crippen LogP contribution in [0.3, 0.4) is 0 Å². The summed E-state index contributed by atoms with van der Waals surface area (Å²) in [6.07, 6.45) is 2.04. The van der Waals surface area contributed by atoms with Gasteiger partial charge in [-0.3, -0.25) is 19.7 Å². The second-order valence-electron chi connectivity index (χ2n) is 7.99. The van der Waals surface area contributed by atoms with E-state index in [4.69, 9.17) is 0 Å². The van der Waals surface area contributed by atoms with Crippen molar-refractivity contribution in [2.24, 2.45) is 0 Å². The van der Waals surface area contributed by atoms with E-state index in [9.17, 15) is 19.5 Å². The molecule has 0 spiro atoms. The molecular formula is C25H23BrN2O4. The lowest BCUT2D eigenvalue weighted by Crippen LogP contribution is -2.52. The molecule has 2 heterocycles. The lowest BCUT2D eigenvalue weighted by Gasteiger charge is -2.29. The summed E-state index contributed by atoms with van der Waals surface area (Å²) in [7, 11) is 0. The van der Waals surface area contributed by atoms with Gasteiger partial charge in [0.25, 0.3) is 5.91 Å². The second kappa shape index (κ2) is 9.68. The van der Waals surface area contributed by atoms with Crippen LogP contribution >= 0.6 is 15.9 Å². The van der Waals surface area contributed by atoms with Gasteiger partial charge in [0.05, 0.1) is 6.10 Å². The first-order chi connectivity index (χ1) is 15.4. The van der Waals surface area contributed by atoms with Gasteiger partial charge >= 0.3 is 0 Å². The van der Waals surface area contributed by atoms with E-state index >= 15 is 0 Å². The predicted molar refractivity (Wildman–Crippen MR) is 122 cm³/mol. The number of aliphatic hydroxyl groups excluding tert-OH is 1.